The van der Waals surface area contributed by atoms with Crippen LogP contribution in [-0.4, -0.2) is 11.0 Å². The molecule has 0 saturated carbocycles. The minimum atomic E-state index is 0.451. The Hall–Kier alpha value is -1.61. The number of rotatable bonds is 4. The van der Waals surface area contributed by atoms with Crippen molar-refractivity contribution in [3.05, 3.63) is 42.1 Å². The largest absolute Gasteiger partial charge is 0.467 e. The number of aromatic nitrogens is 1. The molecule has 2 aromatic rings. The van der Waals surface area contributed by atoms with Crippen LogP contribution in [0.5, 0.6) is 0 Å². The lowest BCUT2D eigenvalue weighted by molar-refractivity contribution is 0.466. The Bertz CT molecular complexity index is 488. The Labute approximate surface area is 102 Å². The second-order valence-corrected chi connectivity index (χ2v) is 4.48. The van der Waals surface area contributed by atoms with Crippen molar-refractivity contribution < 1.29 is 4.42 Å². The number of hydrogen-bond acceptors (Lipinski definition) is 3. The third kappa shape index (κ3) is 2.94. The maximum Gasteiger partial charge on any atom is 0.125 e. The lowest BCUT2D eigenvalue weighted by Crippen LogP contribution is -2.21. The molecule has 0 saturated heterocycles. The second-order valence-electron chi connectivity index (χ2n) is 4.48. The number of hydrogen-bond donors (Lipinski definition) is 1. The van der Waals surface area contributed by atoms with Gasteiger partial charge in [0.1, 0.15) is 5.76 Å². The van der Waals surface area contributed by atoms with Gasteiger partial charge in [-0.3, -0.25) is 4.98 Å². The van der Waals surface area contributed by atoms with Crippen LogP contribution in [0.2, 0.25) is 0 Å². The van der Waals surface area contributed by atoms with Crippen molar-refractivity contribution in [2.45, 2.75) is 33.4 Å². The summed E-state index contributed by atoms with van der Waals surface area (Å²) in [6, 6.07) is 6.54. The Morgan fingerprint density at radius 1 is 1.35 bits per heavy atom. The van der Waals surface area contributed by atoms with E-state index in [1.54, 1.807) is 6.26 Å². The van der Waals surface area contributed by atoms with Crippen molar-refractivity contribution in [3.63, 3.8) is 0 Å². The normalized spacial score (nSPS) is 11.1. The first-order valence-electron chi connectivity index (χ1n) is 5.89. The summed E-state index contributed by atoms with van der Waals surface area (Å²) >= 11 is 0. The van der Waals surface area contributed by atoms with Gasteiger partial charge in [0.25, 0.3) is 0 Å². The fraction of sp³-hybridized carbons (Fsp3) is 0.357. The van der Waals surface area contributed by atoms with Gasteiger partial charge in [-0.15, -0.1) is 0 Å². The molecular formula is C14H18N2O. The van der Waals surface area contributed by atoms with Crippen molar-refractivity contribution in [2.75, 3.05) is 0 Å². The van der Waals surface area contributed by atoms with Gasteiger partial charge in [0.2, 0.25) is 0 Å². The van der Waals surface area contributed by atoms with Gasteiger partial charge >= 0.3 is 0 Å². The van der Waals surface area contributed by atoms with Gasteiger partial charge in [0.05, 0.1) is 12.8 Å². The minimum Gasteiger partial charge on any atom is -0.467 e. The van der Waals surface area contributed by atoms with Crippen LogP contribution in [0.3, 0.4) is 0 Å². The molecule has 90 valence electrons. The fourth-order valence-corrected chi connectivity index (χ4v) is 1.74. The summed E-state index contributed by atoms with van der Waals surface area (Å²) in [6.07, 6.45) is 3.57. The fourth-order valence-electron chi connectivity index (χ4n) is 1.74. The van der Waals surface area contributed by atoms with Gasteiger partial charge in [-0.2, -0.15) is 0 Å². The quantitative estimate of drug-likeness (QED) is 0.876. The first kappa shape index (κ1) is 11.9. The van der Waals surface area contributed by atoms with Crippen molar-refractivity contribution in [1.82, 2.24) is 10.3 Å². The zero-order chi connectivity index (χ0) is 12.3. The zero-order valence-corrected chi connectivity index (χ0v) is 10.5. The molecule has 0 aliphatic heterocycles. The third-order valence-corrected chi connectivity index (χ3v) is 2.62. The van der Waals surface area contributed by atoms with E-state index < -0.39 is 0 Å². The van der Waals surface area contributed by atoms with E-state index >= 15 is 0 Å². The van der Waals surface area contributed by atoms with Crippen molar-refractivity contribution in [2.24, 2.45) is 0 Å². The maximum atomic E-state index is 5.53. The lowest BCUT2D eigenvalue weighted by atomic mass is 10.1. The summed E-state index contributed by atoms with van der Waals surface area (Å²) in [5, 5.41) is 3.36. The summed E-state index contributed by atoms with van der Waals surface area (Å²) in [5.74, 6) is 0.976. The first-order valence-corrected chi connectivity index (χ1v) is 5.89. The number of aryl methyl sites for hydroxylation is 1. The molecule has 1 N–H and O–H groups in total. The molecule has 2 rings (SSSR count). The molecule has 0 amide bonds. The van der Waals surface area contributed by atoms with E-state index in [4.69, 9.17) is 4.42 Å². The van der Waals surface area contributed by atoms with Crippen molar-refractivity contribution in [1.29, 1.82) is 0 Å². The van der Waals surface area contributed by atoms with Crippen LogP contribution in [0, 0.1) is 6.92 Å². The average molecular weight is 230 g/mol. The molecule has 17 heavy (non-hydrogen) atoms. The van der Waals surface area contributed by atoms with Crippen LogP contribution in [-0.2, 0) is 6.54 Å². The van der Waals surface area contributed by atoms with Crippen molar-refractivity contribution >= 4 is 0 Å². The molecule has 0 spiro atoms. The molecule has 0 aliphatic rings. The summed E-state index contributed by atoms with van der Waals surface area (Å²) in [5.41, 5.74) is 3.32. The molecule has 0 bridgehead atoms. The van der Waals surface area contributed by atoms with E-state index in [-0.39, 0.29) is 0 Å². The van der Waals surface area contributed by atoms with E-state index in [0.29, 0.717) is 6.04 Å². The molecule has 0 atom stereocenters. The second kappa shape index (κ2) is 5.15. The van der Waals surface area contributed by atoms with Crippen LogP contribution >= 0.6 is 0 Å². The number of nitrogens with one attached hydrogen (secondary N) is 1. The van der Waals surface area contributed by atoms with Gasteiger partial charge in [0, 0.05) is 23.5 Å². The van der Waals surface area contributed by atoms with Crippen molar-refractivity contribution in [3.8, 4) is 11.1 Å². The highest BCUT2D eigenvalue weighted by molar-refractivity contribution is 5.65. The molecule has 2 heterocycles. The van der Waals surface area contributed by atoms with Crippen LogP contribution in [0.1, 0.15) is 25.3 Å². The molecule has 0 aliphatic carbocycles. The molecule has 3 nitrogen and oxygen atoms in total. The average Bonchev–Trinajstić information content (AvgIpc) is 2.74. The van der Waals surface area contributed by atoms with Crippen LogP contribution in [0.25, 0.3) is 11.1 Å². The van der Waals surface area contributed by atoms with E-state index in [9.17, 15) is 0 Å². The molecule has 3 heteroatoms. The Kier molecular flexibility index (Phi) is 3.59. The third-order valence-electron chi connectivity index (χ3n) is 2.62. The molecular weight excluding hydrogens is 212 g/mol. The Morgan fingerprint density at radius 2 is 2.18 bits per heavy atom. The predicted molar refractivity (Wildman–Crippen MR) is 68.7 cm³/mol. The molecule has 0 fully saturated rings. The molecule has 2 aromatic heterocycles. The standard InChI is InChI=1S/C14H18N2O/c1-10(2)16-9-14-13(5-7-17-14)12-4-6-15-11(3)8-12/h4-8,10,16H,9H2,1-3H3. The summed E-state index contributed by atoms with van der Waals surface area (Å²) < 4.78 is 5.53. The van der Waals surface area contributed by atoms with Gasteiger partial charge in [-0.05, 0) is 30.7 Å². The van der Waals surface area contributed by atoms with Gasteiger partial charge in [0.15, 0.2) is 0 Å². The smallest absolute Gasteiger partial charge is 0.125 e. The zero-order valence-electron chi connectivity index (χ0n) is 10.5. The number of nitrogens with zero attached hydrogens (tertiary/aromatic N) is 1. The van der Waals surface area contributed by atoms with E-state index in [2.05, 4.69) is 30.2 Å². The first-order chi connectivity index (χ1) is 8.16. The SMILES string of the molecule is Cc1cc(-c2ccoc2CNC(C)C)ccn1. The van der Waals surface area contributed by atoms with Gasteiger partial charge in [-0.25, -0.2) is 0 Å². The summed E-state index contributed by atoms with van der Waals surface area (Å²) in [6.45, 7) is 7.00. The van der Waals surface area contributed by atoms with E-state index in [1.165, 1.54) is 0 Å². The monoisotopic (exact) mass is 230 g/mol. The Balaban J connectivity index is 2.24. The summed E-state index contributed by atoms with van der Waals surface area (Å²) in [4.78, 5) is 4.21. The predicted octanol–water partition coefficient (Wildman–Crippen LogP) is 3.15. The number of furan rings is 1. The molecule has 0 aromatic carbocycles. The Morgan fingerprint density at radius 3 is 2.88 bits per heavy atom. The van der Waals surface area contributed by atoms with Gasteiger partial charge in [-0.1, -0.05) is 13.8 Å². The molecule has 0 radical (unpaired) electrons. The van der Waals surface area contributed by atoms with E-state index in [1.807, 2.05) is 25.3 Å². The maximum absolute atomic E-state index is 5.53. The summed E-state index contributed by atoms with van der Waals surface area (Å²) in [7, 11) is 0. The van der Waals surface area contributed by atoms with E-state index in [0.717, 1.165) is 29.1 Å². The highest BCUT2D eigenvalue weighted by Gasteiger charge is 2.09. The van der Waals surface area contributed by atoms with Crippen LogP contribution < -0.4 is 5.32 Å². The van der Waals surface area contributed by atoms with Gasteiger partial charge < -0.3 is 9.73 Å². The topological polar surface area (TPSA) is 38.1 Å². The van der Waals surface area contributed by atoms with Crippen LogP contribution in [0.15, 0.2) is 35.1 Å². The number of pyridine rings is 1. The highest BCUT2D eigenvalue weighted by Crippen LogP contribution is 2.24. The minimum absolute atomic E-state index is 0.451. The van der Waals surface area contributed by atoms with Crippen LogP contribution in [0.4, 0.5) is 0 Å². The molecule has 0 unspecified atom stereocenters. The highest BCUT2D eigenvalue weighted by atomic mass is 16.3. The lowest BCUT2D eigenvalue weighted by Gasteiger charge is -2.08.